The molecule has 0 bridgehead atoms. The molecule has 2 heterocycles. The van der Waals surface area contributed by atoms with Crippen LogP contribution in [0.2, 0.25) is 0 Å². The first kappa shape index (κ1) is 17.8. The number of methoxy groups -OCH3 is 1. The van der Waals surface area contributed by atoms with Crippen molar-refractivity contribution in [3.63, 3.8) is 0 Å². The number of aromatic nitrogens is 1. The lowest BCUT2D eigenvalue weighted by Crippen LogP contribution is -2.34. The number of hydrogen-bond donors (Lipinski definition) is 1. The Bertz CT molecular complexity index is 865. The number of nitrogens with one attached hydrogen (secondary N) is 1. The second-order valence-electron chi connectivity index (χ2n) is 5.36. The molecule has 0 aliphatic carbocycles. The second kappa shape index (κ2) is 7.45. The average Bonchev–Trinajstić information content (AvgIpc) is 3.14. The lowest BCUT2D eigenvalue weighted by Gasteiger charge is -2.26. The molecule has 0 spiro atoms. The molecule has 8 heteroatoms. The molecular weight excluding hydrogens is 409 g/mol. The first-order chi connectivity index (χ1) is 12.0. The third-order valence-electron chi connectivity index (χ3n) is 3.83. The lowest BCUT2D eigenvalue weighted by atomic mass is 9.93. The van der Waals surface area contributed by atoms with Crippen molar-refractivity contribution in [3.8, 4) is 0 Å². The van der Waals surface area contributed by atoms with E-state index in [0.717, 1.165) is 5.56 Å². The normalized spacial score (nSPS) is 17.1. The van der Waals surface area contributed by atoms with Gasteiger partial charge in [-0.3, -0.25) is 4.99 Å². The lowest BCUT2D eigenvalue weighted by molar-refractivity contribution is -0.136. The molecule has 1 aliphatic heterocycles. The largest absolute Gasteiger partial charge is 0.466 e. The Kier molecular flexibility index (Phi) is 5.29. The molecule has 3 rings (SSSR count). The van der Waals surface area contributed by atoms with Gasteiger partial charge in [0.25, 0.3) is 0 Å². The van der Waals surface area contributed by atoms with Crippen molar-refractivity contribution in [3.05, 3.63) is 63.0 Å². The van der Waals surface area contributed by atoms with Gasteiger partial charge >= 0.3 is 5.97 Å². The molecule has 0 saturated heterocycles. The molecule has 2 aromatic rings. The van der Waals surface area contributed by atoms with Crippen LogP contribution in [0.3, 0.4) is 0 Å². The number of benzene rings is 1. The molecule has 5 nitrogen and oxygen atoms in total. The Hall–Kier alpha value is -2.06. The summed E-state index contributed by atoms with van der Waals surface area (Å²) in [6.45, 7) is 1.79. The first-order valence-corrected chi connectivity index (χ1v) is 9.43. The second-order valence-corrected chi connectivity index (χ2v) is 6.82. The summed E-state index contributed by atoms with van der Waals surface area (Å²) in [5.41, 5.74) is 2.51. The van der Waals surface area contributed by atoms with Crippen LogP contribution in [0.5, 0.6) is 0 Å². The highest BCUT2D eigenvalue weighted by Gasteiger charge is 2.32. The minimum atomic E-state index is -0.597. The van der Waals surface area contributed by atoms with E-state index in [1.54, 1.807) is 19.2 Å². The molecule has 1 atom stereocenters. The fourth-order valence-corrected chi connectivity index (χ4v) is 3.70. The summed E-state index contributed by atoms with van der Waals surface area (Å²) in [6.07, 6.45) is 1.69. The van der Waals surface area contributed by atoms with E-state index < -0.39 is 12.0 Å². The number of halogens is 2. The van der Waals surface area contributed by atoms with Crippen LogP contribution >= 0.6 is 27.3 Å². The highest BCUT2D eigenvalue weighted by atomic mass is 79.9. The van der Waals surface area contributed by atoms with Gasteiger partial charge in [-0.2, -0.15) is 0 Å². The number of alkyl halides is 1. The molecule has 130 valence electrons. The van der Waals surface area contributed by atoms with Crippen molar-refractivity contribution >= 4 is 39.1 Å². The molecule has 0 radical (unpaired) electrons. The monoisotopic (exact) mass is 423 g/mol. The Labute approximate surface area is 156 Å². The van der Waals surface area contributed by atoms with E-state index in [0.29, 0.717) is 33.0 Å². The van der Waals surface area contributed by atoms with Crippen molar-refractivity contribution in [1.29, 1.82) is 0 Å². The van der Waals surface area contributed by atoms with Gasteiger partial charge in [-0.05, 0) is 30.2 Å². The van der Waals surface area contributed by atoms with E-state index in [9.17, 15) is 9.18 Å². The molecule has 25 heavy (non-hydrogen) atoms. The third-order valence-corrected chi connectivity index (χ3v) is 5.17. The summed E-state index contributed by atoms with van der Waals surface area (Å²) in [5, 5.41) is 6.14. The predicted molar refractivity (Wildman–Crippen MR) is 98.5 cm³/mol. The van der Waals surface area contributed by atoms with Gasteiger partial charge in [0.15, 0.2) is 10.8 Å². The van der Waals surface area contributed by atoms with E-state index >= 15 is 0 Å². The van der Waals surface area contributed by atoms with Crippen molar-refractivity contribution < 1.29 is 13.9 Å². The van der Waals surface area contributed by atoms with Crippen LogP contribution in [-0.4, -0.2) is 29.2 Å². The van der Waals surface area contributed by atoms with E-state index in [2.05, 4.69) is 31.2 Å². The van der Waals surface area contributed by atoms with Crippen LogP contribution in [0.25, 0.3) is 0 Å². The van der Waals surface area contributed by atoms with Crippen LogP contribution in [0.4, 0.5) is 4.39 Å². The standard InChI is InChI=1S/C17H15BrFN3O2S/c1-9-7-10(19)3-4-11(9)14-13(17(23)24-2)12(8-18)21-15(22-14)16-20-5-6-25-16/h3-7,14H,8H2,1-2H3,(H,21,22). The number of carbonyl (C=O) groups excluding carboxylic acids is 1. The number of amidine groups is 1. The van der Waals surface area contributed by atoms with Crippen LogP contribution in [0.15, 0.2) is 46.0 Å². The minimum Gasteiger partial charge on any atom is -0.466 e. The van der Waals surface area contributed by atoms with Gasteiger partial charge < -0.3 is 10.1 Å². The fraction of sp³-hybridized carbons (Fsp3) is 0.235. The Morgan fingerprint density at radius 1 is 1.48 bits per heavy atom. The first-order valence-electron chi connectivity index (χ1n) is 7.43. The number of hydrogen-bond acceptors (Lipinski definition) is 6. The average molecular weight is 424 g/mol. The van der Waals surface area contributed by atoms with Crippen molar-refractivity contribution in [2.24, 2.45) is 4.99 Å². The minimum absolute atomic E-state index is 0.330. The maximum atomic E-state index is 13.5. The molecule has 1 unspecified atom stereocenters. The Morgan fingerprint density at radius 3 is 2.88 bits per heavy atom. The predicted octanol–water partition coefficient (Wildman–Crippen LogP) is 3.50. The summed E-state index contributed by atoms with van der Waals surface area (Å²) in [4.78, 5) is 21.4. The SMILES string of the molecule is COC(=O)C1=C(CBr)NC(c2nccs2)=NC1c1ccc(F)cc1C. The van der Waals surface area contributed by atoms with E-state index in [1.165, 1.54) is 30.6 Å². The number of thiazole rings is 1. The number of nitrogens with zero attached hydrogens (tertiary/aromatic N) is 2. The van der Waals surface area contributed by atoms with Gasteiger partial charge in [-0.1, -0.05) is 22.0 Å². The molecule has 1 N–H and O–H groups in total. The topological polar surface area (TPSA) is 63.6 Å². The van der Waals surface area contributed by atoms with Crippen molar-refractivity contribution in [2.75, 3.05) is 12.4 Å². The molecular formula is C17H15BrFN3O2S. The zero-order valence-electron chi connectivity index (χ0n) is 13.5. The molecule has 0 fully saturated rings. The number of allylic oxidation sites excluding steroid dienone is 1. The van der Waals surface area contributed by atoms with Gasteiger partial charge in [0.2, 0.25) is 0 Å². The number of ether oxygens (including phenoxy) is 1. The van der Waals surface area contributed by atoms with Gasteiger partial charge in [0.05, 0.1) is 12.7 Å². The van der Waals surface area contributed by atoms with Crippen LogP contribution in [-0.2, 0) is 9.53 Å². The summed E-state index contributed by atoms with van der Waals surface area (Å²) in [6, 6.07) is 3.85. The maximum Gasteiger partial charge on any atom is 0.338 e. The van der Waals surface area contributed by atoms with Gasteiger partial charge in [0.1, 0.15) is 11.9 Å². The number of aliphatic imine (C=N–C) groups is 1. The van der Waals surface area contributed by atoms with Crippen LogP contribution in [0.1, 0.15) is 22.2 Å². The highest BCUT2D eigenvalue weighted by molar-refractivity contribution is 9.09. The summed E-state index contributed by atoms with van der Waals surface area (Å²) < 4.78 is 18.5. The van der Waals surface area contributed by atoms with Gasteiger partial charge in [-0.15, -0.1) is 11.3 Å². The molecule has 1 aromatic carbocycles. The fourth-order valence-electron chi connectivity index (χ4n) is 2.67. The van der Waals surface area contributed by atoms with E-state index in [1.807, 2.05) is 5.38 Å². The van der Waals surface area contributed by atoms with E-state index in [-0.39, 0.29) is 5.82 Å². The number of esters is 1. The van der Waals surface area contributed by atoms with E-state index in [4.69, 9.17) is 4.74 Å². The smallest absolute Gasteiger partial charge is 0.338 e. The number of rotatable bonds is 4. The summed E-state index contributed by atoms with van der Waals surface area (Å²) >= 11 is 4.85. The zero-order valence-corrected chi connectivity index (χ0v) is 15.9. The van der Waals surface area contributed by atoms with Crippen molar-refractivity contribution in [1.82, 2.24) is 10.3 Å². The highest BCUT2D eigenvalue weighted by Crippen LogP contribution is 2.34. The number of carbonyl (C=O) groups is 1. The number of aryl methyl sites for hydroxylation is 1. The van der Waals surface area contributed by atoms with Crippen molar-refractivity contribution in [2.45, 2.75) is 13.0 Å². The van der Waals surface area contributed by atoms with Crippen LogP contribution in [0, 0.1) is 12.7 Å². The zero-order chi connectivity index (χ0) is 18.0. The maximum absolute atomic E-state index is 13.5. The summed E-state index contributed by atoms with van der Waals surface area (Å²) in [5.74, 6) is -0.230. The Balaban J connectivity index is 2.17. The van der Waals surface area contributed by atoms with Gasteiger partial charge in [0, 0.05) is 22.6 Å². The van der Waals surface area contributed by atoms with Gasteiger partial charge in [-0.25, -0.2) is 14.2 Å². The molecule has 0 amide bonds. The molecule has 1 aromatic heterocycles. The quantitative estimate of drug-likeness (QED) is 0.603. The Morgan fingerprint density at radius 2 is 2.28 bits per heavy atom. The van der Waals surface area contributed by atoms with Crippen LogP contribution < -0.4 is 5.32 Å². The third kappa shape index (κ3) is 3.50. The molecule has 0 saturated carbocycles. The summed E-state index contributed by atoms with van der Waals surface area (Å²) in [7, 11) is 1.33. The molecule has 1 aliphatic rings.